The smallest absolute Gasteiger partial charge is 0.244 e. The van der Waals surface area contributed by atoms with E-state index < -0.39 is 6.04 Å². The first kappa shape index (κ1) is 18.0. The standard InChI is InChI=1S/C22H20FN3O2/c1-26-11-10-24-22(26)21(17-3-2-4-18(23)14-17)25-20(27)8-6-15-5-7-19-16(13-15)9-12-28-19/h2-8,10-11,13-14,21H,9,12H2,1H3,(H,25,27)/b8-6+. The van der Waals surface area contributed by atoms with Gasteiger partial charge in [-0.1, -0.05) is 18.2 Å². The van der Waals surface area contributed by atoms with Crippen molar-refractivity contribution in [2.75, 3.05) is 6.61 Å². The summed E-state index contributed by atoms with van der Waals surface area (Å²) >= 11 is 0. The molecule has 2 heterocycles. The fourth-order valence-corrected chi connectivity index (χ4v) is 3.31. The third-order valence-electron chi connectivity index (χ3n) is 4.73. The lowest BCUT2D eigenvalue weighted by molar-refractivity contribution is -0.117. The van der Waals surface area contributed by atoms with Crippen LogP contribution >= 0.6 is 0 Å². The molecule has 6 heteroatoms. The van der Waals surface area contributed by atoms with Gasteiger partial charge >= 0.3 is 0 Å². The van der Waals surface area contributed by atoms with Crippen molar-refractivity contribution in [3.8, 4) is 5.75 Å². The molecule has 0 fully saturated rings. The number of benzene rings is 2. The number of fused-ring (bicyclic) bond motifs is 1. The molecule has 0 aliphatic carbocycles. The molecule has 1 aliphatic heterocycles. The van der Waals surface area contributed by atoms with Gasteiger partial charge in [-0.15, -0.1) is 0 Å². The number of amides is 1. The lowest BCUT2D eigenvalue weighted by atomic mass is 10.1. The van der Waals surface area contributed by atoms with E-state index in [1.165, 1.54) is 18.2 Å². The van der Waals surface area contributed by atoms with Crippen molar-refractivity contribution in [3.05, 3.63) is 89.3 Å². The summed E-state index contributed by atoms with van der Waals surface area (Å²) in [5.74, 6) is 0.889. The van der Waals surface area contributed by atoms with Gasteiger partial charge in [0.05, 0.1) is 6.61 Å². The molecule has 28 heavy (non-hydrogen) atoms. The Balaban J connectivity index is 1.55. The molecule has 1 aliphatic rings. The summed E-state index contributed by atoms with van der Waals surface area (Å²) in [5.41, 5.74) is 2.71. The number of nitrogens with zero attached hydrogens (tertiary/aromatic N) is 2. The van der Waals surface area contributed by atoms with Gasteiger partial charge in [0.2, 0.25) is 5.91 Å². The first-order valence-corrected chi connectivity index (χ1v) is 9.07. The van der Waals surface area contributed by atoms with Crippen molar-refractivity contribution in [1.82, 2.24) is 14.9 Å². The lowest BCUT2D eigenvalue weighted by Crippen LogP contribution is -2.29. The Kier molecular flexibility index (Phi) is 4.93. The summed E-state index contributed by atoms with van der Waals surface area (Å²) in [6.45, 7) is 0.696. The van der Waals surface area contributed by atoms with Crippen LogP contribution in [0.25, 0.3) is 6.08 Å². The van der Waals surface area contributed by atoms with Crippen LogP contribution in [0.15, 0.2) is 60.9 Å². The Bertz CT molecular complexity index is 1040. The summed E-state index contributed by atoms with van der Waals surface area (Å²) in [5, 5.41) is 2.93. The zero-order valence-electron chi connectivity index (χ0n) is 15.4. The Morgan fingerprint density at radius 1 is 1.32 bits per heavy atom. The number of rotatable bonds is 5. The van der Waals surface area contributed by atoms with Crippen LogP contribution in [0.1, 0.15) is 28.6 Å². The number of ether oxygens (including phenoxy) is 1. The van der Waals surface area contributed by atoms with Crippen LogP contribution in [0.3, 0.4) is 0 Å². The molecule has 0 bridgehead atoms. The second-order valence-electron chi connectivity index (χ2n) is 6.69. The van der Waals surface area contributed by atoms with Gasteiger partial charge in [-0.25, -0.2) is 9.37 Å². The predicted molar refractivity (Wildman–Crippen MR) is 104 cm³/mol. The minimum absolute atomic E-state index is 0.283. The molecule has 142 valence electrons. The zero-order chi connectivity index (χ0) is 19.5. The van der Waals surface area contributed by atoms with E-state index in [0.29, 0.717) is 18.0 Å². The van der Waals surface area contributed by atoms with Crippen LogP contribution < -0.4 is 10.1 Å². The monoisotopic (exact) mass is 377 g/mol. The topological polar surface area (TPSA) is 56.2 Å². The maximum atomic E-state index is 13.7. The van der Waals surface area contributed by atoms with Crippen LogP contribution in [0.5, 0.6) is 5.75 Å². The van der Waals surface area contributed by atoms with Crippen molar-refractivity contribution in [2.24, 2.45) is 7.05 Å². The van der Waals surface area contributed by atoms with Gasteiger partial charge in [0.1, 0.15) is 23.4 Å². The summed E-state index contributed by atoms with van der Waals surface area (Å²) in [6.07, 6.45) is 7.55. The Morgan fingerprint density at radius 2 is 2.21 bits per heavy atom. The fraction of sp³-hybridized carbons (Fsp3) is 0.182. The van der Waals surface area contributed by atoms with Gasteiger partial charge in [-0.05, 0) is 47.0 Å². The highest BCUT2D eigenvalue weighted by Crippen LogP contribution is 2.26. The quantitative estimate of drug-likeness (QED) is 0.694. The molecule has 1 N–H and O–H groups in total. The zero-order valence-corrected chi connectivity index (χ0v) is 15.4. The van der Waals surface area contributed by atoms with E-state index in [9.17, 15) is 9.18 Å². The second kappa shape index (κ2) is 7.68. The molecule has 1 unspecified atom stereocenters. The summed E-state index contributed by atoms with van der Waals surface area (Å²) in [4.78, 5) is 16.9. The van der Waals surface area contributed by atoms with Crippen LogP contribution in [0.2, 0.25) is 0 Å². The van der Waals surface area contributed by atoms with E-state index in [-0.39, 0.29) is 11.7 Å². The van der Waals surface area contributed by atoms with Gasteiger partial charge in [0, 0.05) is 31.9 Å². The van der Waals surface area contributed by atoms with Gasteiger partial charge < -0.3 is 14.6 Å². The number of hydrogen-bond donors (Lipinski definition) is 1. The number of carbonyl (C=O) groups excluding carboxylic acids is 1. The fourth-order valence-electron chi connectivity index (χ4n) is 3.31. The number of imidazole rings is 1. The Hall–Kier alpha value is -3.41. The molecule has 5 nitrogen and oxygen atoms in total. The molecule has 1 aromatic heterocycles. The minimum atomic E-state index is -0.554. The molecule has 0 saturated heterocycles. The first-order valence-electron chi connectivity index (χ1n) is 9.07. The number of hydrogen-bond acceptors (Lipinski definition) is 3. The largest absolute Gasteiger partial charge is 0.493 e. The molecule has 0 spiro atoms. The average molecular weight is 377 g/mol. The highest BCUT2D eigenvalue weighted by molar-refractivity contribution is 5.92. The SMILES string of the molecule is Cn1ccnc1C(NC(=O)/C=C/c1ccc2c(c1)CCO2)c1cccc(F)c1. The summed E-state index contributed by atoms with van der Waals surface area (Å²) < 4.78 is 21.0. The van der Waals surface area contributed by atoms with Gasteiger partial charge in [-0.2, -0.15) is 0 Å². The van der Waals surface area contributed by atoms with Crippen LogP contribution in [-0.4, -0.2) is 22.1 Å². The molecule has 4 rings (SSSR count). The average Bonchev–Trinajstić information content (AvgIpc) is 3.32. The van der Waals surface area contributed by atoms with E-state index in [1.807, 2.05) is 25.2 Å². The van der Waals surface area contributed by atoms with Crippen molar-refractivity contribution in [3.63, 3.8) is 0 Å². The van der Waals surface area contributed by atoms with Crippen LogP contribution in [0, 0.1) is 5.82 Å². The van der Waals surface area contributed by atoms with E-state index in [0.717, 1.165) is 23.3 Å². The minimum Gasteiger partial charge on any atom is -0.493 e. The third kappa shape index (κ3) is 3.81. The van der Waals surface area contributed by atoms with Gasteiger partial charge in [-0.3, -0.25) is 4.79 Å². The number of carbonyl (C=O) groups is 1. The molecule has 3 aromatic rings. The maximum Gasteiger partial charge on any atom is 0.244 e. The van der Waals surface area contributed by atoms with Crippen molar-refractivity contribution in [2.45, 2.75) is 12.5 Å². The highest BCUT2D eigenvalue weighted by atomic mass is 19.1. The molecule has 1 amide bonds. The molecule has 1 atom stereocenters. The third-order valence-corrected chi connectivity index (χ3v) is 4.73. The Morgan fingerprint density at radius 3 is 3.00 bits per heavy atom. The molecular weight excluding hydrogens is 357 g/mol. The van der Waals surface area contributed by atoms with Crippen molar-refractivity contribution in [1.29, 1.82) is 0 Å². The van der Waals surface area contributed by atoms with E-state index >= 15 is 0 Å². The highest BCUT2D eigenvalue weighted by Gasteiger charge is 2.20. The predicted octanol–water partition coefficient (Wildman–Crippen LogP) is 3.41. The number of nitrogens with one attached hydrogen (secondary N) is 1. The molecule has 2 aromatic carbocycles. The maximum absolute atomic E-state index is 13.7. The second-order valence-corrected chi connectivity index (χ2v) is 6.69. The van der Waals surface area contributed by atoms with Gasteiger partial charge in [0.15, 0.2) is 0 Å². The molecule has 0 saturated carbocycles. The molecule has 0 radical (unpaired) electrons. The number of aryl methyl sites for hydroxylation is 1. The Labute approximate surface area is 162 Å². The summed E-state index contributed by atoms with van der Waals surface area (Å²) in [6, 6.07) is 11.5. The number of aromatic nitrogens is 2. The normalized spacial score (nSPS) is 13.9. The van der Waals surface area contributed by atoms with Crippen molar-refractivity contribution >= 4 is 12.0 Å². The van der Waals surface area contributed by atoms with Crippen LogP contribution in [0.4, 0.5) is 4.39 Å². The summed E-state index contributed by atoms with van der Waals surface area (Å²) in [7, 11) is 1.84. The van der Waals surface area contributed by atoms with Crippen molar-refractivity contribution < 1.29 is 13.9 Å². The van der Waals surface area contributed by atoms with Crippen LogP contribution in [-0.2, 0) is 18.3 Å². The van der Waals surface area contributed by atoms with Gasteiger partial charge in [0.25, 0.3) is 0 Å². The number of halogens is 1. The van der Waals surface area contributed by atoms with E-state index in [2.05, 4.69) is 10.3 Å². The van der Waals surface area contributed by atoms with E-state index in [4.69, 9.17) is 4.74 Å². The molecular formula is C22H20FN3O2. The lowest BCUT2D eigenvalue weighted by Gasteiger charge is -2.18. The van der Waals surface area contributed by atoms with E-state index in [1.54, 1.807) is 35.2 Å². The first-order chi connectivity index (χ1) is 13.6.